The molecule has 6 aromatic rings. The molecule has 0 aliphatic carbocycles. The van der Waals surface area contributed by atoms with Crippen LogP contribution in [0.1, 0.15) is 16.8 Å². The lowest BCUT2D eigenvalue weighted by atomic mass is 9.80. The van der Waals surface area contributed by atoms with Crippen molar-refractivity contribution in [2.75, 3.05) is 0 Å². The van der Waals surface area contributed by atoms with Gasteiger partial charge in [-0.1, -0.05) is 53.5 Å². The molecule has 0 spiro atoms. The third kappa shape index (κ3) is 5.80. The Morgan fingerprint density at radius 2 is 1.63 bits per heavy atom. The predicted molar refractivity (Wildman–Crippen MR) is 166 cm³/mol. The van der Waals surface area contributed by atoms with Gasteiger partial charge in [0.25, 0.3) is 11.1 Å². The maximum atomic E-state index is 12.8. The van der Waals surface area contributed by atoms with Gasteiger partial charge in [0.05, 0.1) is 23.7 Å². The SMILES string of the molecule is Cn1cncc1C(N)(c1ccc(Cl)cc1)c1ccc2c(c1)c(-c1cccc(Cl)c1)cc(=O)n2C.O=c1[nH]cc(F)c(=O)[nH]1. The van der Waals surface area contributed by atoms with E-state index >= 15 is 0 Å². The van der Waals surface area contributed by atoms with Gasteiger partial charge in [-0.2, -0.15) is 4.39 Å². The standard InChI is InChI=1S/C27H22Cl2N4O.C4H3FN2O2/c1-32-16-31-15-25(32)27(30,18-6-9-20(28)10-7-18)19-8-11-24-23(13-19)22(14-26(34)33(24)2)17-4-3-5-21(29)12-17;5-2-1-6-4(9)7-3(2)8/h3-16H,30H2,1-2H3;1H,(H2,6,7,8,9). The molecule has 43 heavy (non-hydrogen) atoms. The fourth-order valence-corrected chi connectivity index (χ4v) is 5.22. The monoisotopic (exact) mass is 618 g/mol. The Morgan fingerprint density at radius 1 is 0.907 bits per heavy atom. The minimum atomic E-state index is -1.01. The number of aromatic amines is 2. The van der Waals surface area contributed by atoms with E-state index in [1.54, 1.807) is 35.2 Å². The highest BCUT2D eigenvalue weighted by Crippen LogP contribution is 2.38. The van der Waals surface area contributed by atoms with Crippen molar-refractivity contribution in [1.82, 2.24) is 24.1 Å². The number of nitrogens with two attached hydrogens (primary N) is 1. The zero-order valence-electron chi connectivity index (χ0n) is 22.9. The summed E-state index contributed by atoms with van der Waals surface area (Å²) < 4.78 is 15.5. The highest BCUT2D eigenvalue weighted by atomic mass is 35.5. The number of aryl methyl sites for hydroxylation is 2. The second-order valence-electron chi connectivity index (χ2n) is 9.82. The number of hydrogen-bond acceptors (Lipinski definition) is 5. The molecule has 12 heteroatoms. The van der Waals surface area contributed by atoms with Crippen LogP contribution in [0, 0.1) is 5.82 Å². The maximum absolute atomic E-state index is 12.8. The van der Waals surface area contributed by atoms with E-state index in [2.05, 4.69) is 4.98 Å². The van der Waals surface area contributed by atoms with Crippen molar-refractivity contribution in [3.8, 4) is 11.1 Å². The number of benzene rings is 3. The van der Waals surface area contributed by atoms with Crippen molar-refractivity contribution in [2.24, 2.45) is 19.8 Å². The van der Waals surface area contributed by atoms with Gasteiger partial charge in [0, 0.05) is 41.8 Å². The zero-order chi connectivity index (χ0) is 30.9. The Bertz CT molecular complexity index is 2140. The Balaban J connectivity index is 0.000000351. The first-order valence-electron chi connectivity index (χ1n) is 12.9. The predicted octanol–water partition coefficient (Wildman–Crippen LogP) is 4.70. The van der Waals surface area contributed by atoms with Gasteiger partial charge >= 0.3 is 5.69 Å². The number of aromatic nitrogens is 5. The van der Waals surface area contributed by atoms with E-state index in [0.29, 0.717) is 16.2 Å². The van der Waals surface area contributed by atoms with Crippen LogP contribution in [0.2, 0.25) is 10.0 Å². The smallest absolute Gasteiger partial charge is 0.325 e. The van der Waals surface area contributed by atoms with Crippen molar-refractivity contribution in [1.29, 1.82) is 0 Å². The summed E-state index contributed by atoms with van der Waals surface area (Å²) in [5.74, 6) is -0.991. The number of rotatable bonds is 4. The topological polar surface area (TPSA) is 132 Å². The number of hydrogen-bond donors (Lipinski definition) is 3. The quantitative estimate of drug-likeness (QED) is 0.263. The first-order valence-corrected chi connectivity index (χ1v) is 13.6. The van der Waals surface area contributed by atoms with Crippen LogP contribution in [-0.4, -0.2) is 24.1 Å². The van der Waals surface area contributed by atoms with E-state index in [1.807, 2.05) is 83.3 Å². The zero-order valence-corrected chi connectivity index (χ0v) is 24.4. The molecule has 3 aromatic carbocycles. The average Bonchev–Trinajstić information content (AvgIpc) is 3.43. The summed E-state index contributed by atoms with van der Waals surface area (Å²) in [4.78, 5) is 41.1. The van der Waals surface area contributed by atoms with E-state index in [1.165, 1.54) is 0 Å². The molecule has 1 atom stereocenters. The van der Waals surface area contributed by atoms with Gasteiger partial charge in [0.2, 0.25) is 5.82 Å². The van der Waals surface area contributed by atoms with Crippen LogP contribution in [0.3, 0.4) is 0 Å². The molecule has 218 valence electrons. The number of pyridine rings is 1. The summed E-state index contributed by atoms with van der Waals surface area (Å²) in [5, 5.41) is 2.13. The minimum absolute atomic E-state index is 0.0985. The maximum Gasteiger partial charge on any atom is 0.325 e. The number of nitrogens with zero attached hydrogens (tertiary/aromatic N) is 3. The molecule has 0 aliphatic heterocycles. The molecule has 0 fully saturated rings. The van der Waals surface area contributed by atoms with Crippen LogP contribution < -0.4 is 22.5 Å². The third-order valence-corrected chi connectivity index (χ3v) is 7.62. The summed E-state index contributed by atoms with van der Waals surface area (Å²) in [5.41, 5.74) is 9.43. The molecule has 0 bridgehead atoms. The van der Waals surface area contributed by atoms with Crippen molar-refractivity contribution < 1.29 is 4.39 Å². The molecule has 4 N–H and O–H groups in total. The summed E-state index contributed by atoms with van der Waals surface area (Å²) in [6.07, 6.45) is 4.22. The van der Waals surface area contributed by atoms with Crippen molar-refractivity contribution in [3.63, 3.8) is 0 Å². The van der Waals surface area contributed by atoms with Crippen LogP contribution in [0.4, 0.5) is 4.39 Å². The minimum Gasteiger partial charge on any atom is -0.336 e. The van der Waals surface area contributed by atoms with Crippen molar-refractivity contribution in [2.45, 2.75) is 5.54 Å². The van der Waals surface area contributed by atoms with Gasteiger partial charge in [-0.3, -0.25) is 14.6 Å². The number of H-pyrrole nitrogens is 2. The molecule has 9 nitrogen and oxygen atoms in total. The molecule has 0 radical (unpaired) electrons. The van der Waals surface area contributed by atoms with Crippen LogP contribution in [0.5, 0.6) is 0 Å². The number of fused-ring (bicyclic) bond motifs is 1. The molecule has 3 aromatic heterocycles. The largest absolute Gasteiger partial charge is 0.336 e. The average molecular weight is 619 g/mol. The first-order chi connectivity index (χ1) is 20.5. The second-order valence-corrected chi connectivity index (χ2v) is 10.7. The van der Waals surface area contributed by atoms with E-state index in [4.69, 9.17) is 28.9 Å². The molecule has 0 amide bonds. The van der Waals surface area contributed by atoms with Gasteiger partial charge in [0.15, 0.2) is 0 Å². The van der Waals surface area contributed by atoms with E-state index in [-0.39, 0.29) is 5.56 Å². The van der Waals surface area contributed by atoms with Gasteiger partial charge in [-0.15, -0.1) is 0 Å². The molecule has 3 heterocycles. The highest BCUT2D eigenvalue weighted by molar-refractivity contribution is 6.31. The van der Waals surface area contributed by atoms with E-state index in [0.717, 1.165) is 38.9 Å². The Labute approximate surface area is 254 Å². The Morgan fingerprint density at radius 3 is 2.26 bits per heavy atom. The number of imidazole rings is 1. The lowest BCUT2D eigenvalue weighted by Gasteiger charge is -2.31. The molecular weight excluding hydrogens is 594 g/mol. The van der Waals surface area contributed by atoms with Crippen molar-refractivity contribution in [3.05, 3.63) is 155 Å². The van der Waals surface area contributed by atoms with Gasteiger partial charge in [0.1, 0.15) is 5.54 Å². The van der Waals surface area contributed by atoms with Crippen LogP contribution in [0.25, 0.3) is 22.0 Å². The second kappa shape index (κ2) is 11.8. The lowest BCUT2D eigenvalue weighted by Crippen LogP contribution is -2.41. The highest BCUT2D eigenvalue weighted by Gasteiger charge is 2.35. The molecular formula is C31H25Cl2FN6O3. The molecule has 0 saturated heterocycles. The summed E-state index contributed by atoms with van der Waals surface area (Å²) >= 11 is 12.4. The summed E-state index contributed by atoms with van der Waals surface area (Å²) in [6.45, 7) is 0. The van der Waals surface area contributed by atoms with Gasteiger partial charge in [-0.05, 0) is 58.7 Å². The van der Waals surface area contributed by atoms with Crippen molar-refractivity contribution >= 4 is 34.1 Å². The van der Waals surface area contributed by atoms with Crippen LogP contribution >= 0.6 is 23.2 Å². The lowest BCUT2D eigenvalue weighted by molar-refractivity contribution is 0.596. The summed E-state index contributed by atoms with van der Waals surface area (Å²) in [6, 6.07) is 22.6. The normalized spacial score (nSPS) is 12.4. The third-order valence-electron chi connectivity index (χ3n) is 7.13. The van der Waals surface area contributed by atoms with E-state index < -0.39 is 22.6 Å². The summed E-state index contributed by atoms with van der Waals surface area (Å²) in [7, 11) is 3.68. The fraction of sp³-hybridized carbons (Fsp3) is 0.0968. The first kappa shape index (κ1) is 29.7. The molecule has 1 unspecified atom stereocenters. The van der Waals surface area contributed by atoms with Crippen LogP contribution in [-0.2, 0) is 19.6 Å². The van der Waals surface area contributed by atoms with Gasteiger partial charge < -0.3 is 19.9 Å². The Hall–Kier alpha value is -4.77. The van der Waals surface area contributed by atoms with E-state index in [9.17, 15) is 18.8 Å². The molecule has 0 saturated carbocycles. The fourth-order valence-electron chi connectivity index (χ4n) is 4.91. The molecule has 6 rings (SSSR count). The van der Waals surface area contributed by atoms with Gasteiger partial charge in [-0.25, -0.2) is 9.78 Å². The number of halogens is 3. The molecule has 0 aliphatic rings. The van der Waals surface area contributed by atoms with Crippen LogP contribution in [0.15, 0.2) is 106 Å². The Kier molecular flexibility index (Phi) is 8.19. The number of nitrogens with one attached hydrogen (secondary N) is 2.